The van der Waals surface area contributed by atoms with Gasteiger partial charge in [-0.3, -0.25) is 4.79 Å². The lowest BCUT2D eigenvalue weighted by Crippen LogP contribution is -2.58. The predicted molar refractivity (Wildman–Crippen MR) is 68.3 cm³/mol. The summed E-state index contributed by atoms with van der Waals surface area (Å²) in [4.78, 5) is 11.9. The highest BCUT2D eigenvalue weighted by atomic mass is 35.5. The highest BCUT2D eigenvalue weighted by Gasteiger charge is 2.36. The van der Waals surface area contributed by atoms with Gasteiger partial charge in [-0.1, -0.05) is 0 Å². The van der Waals surface area contributed by atoms with E-state index in [1.807, 2.05) is 13.8 Å². The maximum absolute atomic E-state index is 11.9. The first-order valence-corrected chi connectivity index (χ1v) is 5.60. The van der Waals surface area contributed by atoms with Crippen molar-refractivity contribution in [2.24, 2.45) is 5.73 Å². The Morgan fingerprint density at radius 1 is 1.47 bits per heavy atom. The fourth-order valence-electron chi connectivity index (χ4n) is 1.50. The molecular formula is C11H23ClN2O3. The average molecular weight is 267 g/mol. The van der Waals surface area contributed by atoms with Crippen LogP contribution in [0.15, 0.2) is 0 Å². The van der Waals surface area contributed by atoms with E-state index in [-0.39, 0.29) is 23.9 Å². The fraction of sp³-hybridized carbons (Fsp3) is 0.909. The number of hydrogen-bond acceptors (Lipinski definition) is 4. The van der Waals surface area contributed by atoms with Gasteiger partial charge in [-0.2, -0.15) is 0 Å². The number of methoxy groups -OCH3 is 1. The number of ether oxygens (including phenoxy) is 2. The largest absolute Gasteiger partial charge is 0.381 e. The zero-order valence-corrected chi connectivity index (χ0v) is 11.6. The first-order valence-electron chi connectivity index (χ1n) is 5.60. The number of carbonyl (C=O) groups excluding carboxylic acids is 1. The molecule has 3 N–H and O–H groups in total. The third kappa shape index (κ3) is 4.79. The third-order valence-corrected chi connectivity index (χ3v) is 3.06. The average Bonchev–Trinajstić information content (AvgIpc) is 2.27. The van der Waals surface area contributed by atoms with Crippen molar-refractivity contribution < 1.29 is 14.3 Å². The zero-order valence-electron chi connectivity index (χ0n) is 10.7. The standard InChI is InChI=1S/C11H22N2O3.ClH/c1-10(2,15-3)8-13-9(14)11(12)4-6-16-7-5-11;/h4-8,12H2,1-3H3,(H,13,14);1H. The van der Waals surface area contributed by atoms with Gasteiger partial charge in [0.15, 0.2) is 0 Å². The second-order valence-corrected chi connectivity index (χ2v) is 4.92. The smallest absolute Gasteiger partial charge is 0.240 e. The van der Waals surface area contributed by atoms with Gasteiger partial charge in [0.05, 0.1) is 11.1 Å². The van der Waals surface area contributed by atoms with E-state index in [9.17, 15) is 4.79 Å². The molecule has 17 heavy (non-hydrogen) atoms. The Bertz CT molecular complexity index is 253. The van der Waals surface area contributed by atoms with Crippen molar-refractivity contribution in [3.63, 3.8) is 0 Å². The monoisotopic (exact) mass is 266 g/mol. The van der Waals surface area contributed by atoms with Gasteiger partial charge in [0, 0.05) is 26.9 Å². The number of nitrogens with two attached hydrogens (primary N) is 1. The maximum atomic E-state index is 11.9. The summed E-state index contributed by atoms with van der Waals surface area (Å²) in [6.45, 7) is 5.40. The molecule has 1 aliphatic rings. The molecule has 1 saturated heterocycles. The van der Waals surface area contributed by atoms with Gasteiger partial charge in [-0.25, -0.2) is 0 Å². The lowest BCUT2D eigenvalue weighted by molar-refractivity contribution is -0.131. The molecule has 0 unspecified atom stereocenters. The van der Waals surface area contributed by atoms with Crippen molar-refractivity contribution in [1.82, 2.24) is 5.32 Å². The van der Waals surface area contributed by atoms with Gasteiger partial charge in [0.25, 0.3) is 0 Å². The lowest BCUT2D eigenvalue weighted by Gasteiger charge is -2.33. The quantitative estimate of drug-likeness (QED) is 0.775. The van der Waals surface area contributed by atoms with Crippen molar-refractivity contribution in [3.05, 3.63) is 0 Å². The molecule has 0 aromatic carbocycles. The second-order valence-electron chi connectivity index (χ2n) is 4.92. The maximum Gasteiger partial charge on any atom is 0.240 e. The van der Waals surface area contributed by atoms with Gasteiger partial charge in [0.2, 0.25) is 5.91 Å². The molecule has 0 aromatic heterocycles. The van der Waals surface area contributed by atoms with Crippen molar-refractivity contribution in [1.29, 1.82) is 0 Å². The molecule has 1 rings (SSSR count). The summed E-state index contributed by atoms with van der Waals surface area (Å²) in [6, 6.07) is 0. The summed E-state index contributed by atoms with van der Waals surface area (Å²) >= 11 is 0. The van der Waals surface area contributed by atoms with Crippen LogP contribution in [0.2, 0.25) is 0 Å². The van der Waals surface area contributed by atoms with E-state index in [1.165, 1.54) is 0 Å². The normalized spacial score (nSPS) is 19.3. The molecule has 1 fully saturated rings. The van der Waals surface area contributed by atoms with E-state index in [0.717, 1.165) is 0 Å². The van der Waals surface area contributed by atoms with E-state index in [1.54, 1.807) is 7.11 Å². The van der Waals surface area contributed by atoms with Crippen LogP contribution in [0.4, 0.5) is 0 Å². The number of nitrogens with one attached hydrogen (secondary N) is 1. The second kappa shape index (κ2) is 6.54. The molecule has 0 saturated carbocycles. The summed E-state index contributed by atoms with van der Waals surface area (Å²) in [7, 11) is 1.62. The molecular weight excluding hydrogens is 244 g/mol. The van der Waals surface area contributed by atoms with E-state index in [0.29, 0.717) is 32.6 Å². The van der Waals surface area contributed by atoms with Crippen LogP contribution >= 0.6 is 12.4 Å². The van der Waals surface area contributed by atoms with Crippen LogP contribution in [-0.4, -0.2) is 43.9 Å². The number of halogens is 1. The van der Waals surface area contributed by atoms with Crippen LogP contribution in [0.5, 0.6) is 0 Å². The van der Waals surface area contributed by atoms with Crippen molar-refractivity contribution >= 4 is 18.3 Å². The summed E-state index contributed by atoms with van der Waals surface area (Å²) in [5.74, 6) is -0.110. The van der Waals surface area contributed by atoms with Crippen molar-refractivity contribution in [3.8, 4) is 0 Å². The van der Waals surface area contributed by atoms with Gasteiger partial charge in [-0.05, 0) is 26.7 Å². The molecule has 102 valence electrons. The fourth-order valence-corrected chi connectivity index (χ4v) is 1.50. The summed E-state index contributed by atoms with van der Waals surface area (Å²) in [5.41, 5.74) is 4.90. The number of carbonyl (C=O) groups is 1. The zero-order chi connectivity index (χ0) is 12.2. The Labute approximate surface area is 109 Å². The van der Waals surface area contributed by atoms with Crippen molar-refractivity contribution in [2.75, 3.05) is 26.9 Å². The molecule has 0 bridgehead atoms. The van der Waals surface area contributed by atoms with Gasteiger partial charge in [0.1, 0.15) is 0 Å². The molecule has 1 heterocycles. The molecule has 0 spiro atoms. The minimum Gasteiger partial charge on any atom is -0.381 e. The van der Waals surface area contributed by atoms with E-state index >= 15 is 0 Å². The van der Waals surface area contributed by atoms with Crippen molar-refractivity contribution in [2.45, 2.75) is 37.8 Å². The summed E-state index contributed by atoms with van der Waals surface area (Å²) < 4.78 is 10.4. The van der Waals surface area contributed by atoms with Crippen LogP contribution < -0.4 is 11.1 Å². The van der Waals surface area contributed by atoms with Crippen LogP contribution in [-0.2, 0) is 14.3 Å². The van der Waals surface area contributed by atoms with E-state index < -0.39 is 5.54 Å². The molecule has 1 aliphatic heterocycles. The molecule has 0 atom stereocenters. The topological polar surface area (TPSA) is 73.6 Å². The Morgan fingerprint density at radius 2 is 2.00 bits per heavy atom. The molecule has 1 amide bonds. The SMILES string of the molecule is COC(C)(C)CNC(=O)C1(N)CCOCC1.Cl. The Balaban J connectivity index is 0.00000256. The Hall–Kier alpha value is -0.360. The minimum absolute atomic E-state index is 0. The first-order chi connectivity index (χ1) is 7.40. The molecule has 0 aliphatic carbocycles. The van der Waals surface area contributed by atoms with E-state index in [4.69, 9.17) is 15.2 Å². The molecule has 6 heteroatoms. The van der Waals surface area contributed by atoms with Gasteiger partial charge >= 0.3 is 0 Å². The molecule has 5 nitrogen and oxygen atoms in total. The van der Waals surface area contributed by atoms with Gasteiger partial charge in [-0.15, -0.1) is 12.4 Å². The van der Waals surface area contributed by atoms with Crippen LogP contribution in [0.3, 0.4) is 0 Å². The summed E-state index contributed by atoms with van der Waals surface area (Å²) in [5, 5.41) is 2.84. The van der Waals surface area contributed by atoms with Crippen LogP contribution in [0.25, 0.3) is 0 Å². The Morgan fingerprint density at radius 3 is 2.47 bits per heavy atom. The highest BCUT2D eigenvalue weighted by Crippen LogP contribution is 2.18. The van der Waals surface area contributed by atoms with E-state index in [2.05, 4.69) is 5.32 Å². The lowest BCUT2D eigenvalue weighted by atomic mass is 9.90. The predicted octanol–water partition coefficient (Wildman–Crippen LogP) is 0.457. The first kappa shape index (κ1) is 16.6. The molecule has 0 radical (unpaired) electrons. The molecule has 0 aromatic rings. The van der Waals surface area contributed by atoms with Gasteiger partial charge < -0.3 is 20.5 Å². The minimum atomic E-state index is -0.776. The highest BCUT2D eigenvalue weighted by molar-refractivity contribution is 5.86. The van der Waals surface area contributed by atoms with Crippen LogP contribution in [0, 0.1) is 0 Å². The number of hydrogen-bond donors (Lipinski definition) is 2. The number of amides is 1. The Kier molecular flexibility index (Phi) is 6.40. The number of rotatable bonds is 4. The van der Waals surface area contributed by atoms with Crippen LogP contribution in [0.1, 0.15) is 26.7 Å². The summed E-state index contributed by atoms with van der Waals surface area (Å²) in [6.07, 6.45) is 1.15. The third-order valence-electron chi connectivity index (χ3n) is 3.06.